The minimum absolute atomic E-state index is 0.0342. The molecule has 7 nitrogen and oxygen atoms in total. The van der Waals surface area contributed by atoms with Gasteiger partial charge in [0.1, 0.15) is 12.4 Å². The lowest BCUT2D eigenvalue weighted by molar-refractivity contribution is 0.0658. The van der Waals surface area contributed by atoms with E-state index in [1.165, 1.54) is 11.3 Å². The minimum Gasteiger partial charge on any atom is -0.490 e. The van der Waals surface area contributed by atoms with Crippen molar-refractivity contribution >= 4 is 33.6 Å². The van der Waals surface area contributed by atoms with E-state index in [1.54, 1.807) is 10.4 Å². The Kier molecular flexibility index (Phi) is 5.46. The third-order valence-corrected chi connectivity index (χ3v) is 6.64. The summed E-state index contributed by atoms with van der Waals surface area (Å²) in [7, 11) is 0. The van der Waals surface area contributed by atoms with Crippen molar-refractivity contribution in [3.8, 4) is 5.75 Å². The van der Waals surface area contributed by atoms with Crippen LogP contribution >= 0.6 is 11.3 Å². The Balaban J connectivity index is 1.14. The molecule has 8 heteroatoms. The number of hydrogen-bond acceptors (Lipinski definition) is 6. The summed E-state index contributed by atoms with van der Waals surface area (Å²) in [5, 5.41) is 0. The number of carbonyl (C=O) groups is 2. The largest absolute Gasteiger partial charge is 0.490 e. The highest BCUT2D eigenvalue weighted by Gasteiger charge is 2.38. The molecule has 1 unspecified atom stereocenters. The van der Waals surface area contributed by atoms with Crippen molar-refractivity contribution in [2.45, 2.75) is 25.0 Å². The number of para-hydroxylation sites is 1. The molecule has 3 heterocycles. The molecule has 3 aromatic rings. The van der Waals surface area contributed by atoms with Crippen LogP contribution in [0.5, 0.6) is 5.75 Å². The van der Waals surface area contributed by atoms with Crippen LogP contribution in [-0.2, 0) is 4.74 Å². The number of likely N-dealkylation sites (tertiary alicyclic amines) is 1. The van der Waals surface area contributed by atoms with Crippen molar-refractivity contribution < 1.29 is 19.1 Å². The van der Waals surface area contributed by atoms with Crippen LogP contribution in [0.1, 0.15) is 23.2 Å². The highest BCUT2D eigenvalue weighted by molar-refractivity contribution is 7.16. The van der Waals surface area contributed by atoms with E-state index in [1.807, 2.05) is 53.4 Å². The summed E-state index contributed by atoms with van der Waals surface area (Å²) in [5.74, 6) is 0.798. The molecule has 2 fully saturated rings. The number of piperidine rings is 1. The van der Waals surface area contributed by atoms with Gasteiger partial charge in [-0.3, -0.25) is 4.79 Å². The fraction of sp³-hybridized carbons (Fsp3) is 0.348. The molecule has 0 radical (unpaired) electrons. The maximum Gasteiger partial charge on any atom is 0.410 e. The molecule has 2 aliphatic heterocycles. The van der Waals surface area contributed by atoms with Crippen molar-refractivity contribution in [2.75, 3.05) is 26.2 Å². The predicted molar refractivity (Wildman–Crippen MR) is 117 cm³/mol. The molecule has 31 heavy (non-hydrogen) atoms. The van der Waals surface area contributed by atoms with Crippen LogP contribution in [0.3, 0.4) is 0 Å². The standard InChI is InChI=1S/C23H23N3O4S/c27-22(16-6-7-20-21(12-16)31-15-24-20)25-10-8-17(9-11-25)26-13-19(30-23(26)28)14-29-18-4-2-1-3-5-18/h1-7,12,15,17,19H,8-11,13-14H2. The Morgan fingerprint density at radius 1 is 1.16 bits per heavy atom. The van der Waals surface area contributed by atoms with Gasteiger partial charge in [0, 0.05) is 24.7 Å². The highest BCUT2D eigenvalue weighted by atomic mass is 32.1. The number of ether oxygens (including phenoxy) is 2. The van der Waals surface area contributed by atoms with Gasteiger partial charge in [0.15, 0.2) is 6.10 Å². The van der Waals surface area contributed by atoms with Gasteiger partial charge in [-0.2, -0.15) is 0 Å². The number of carbonyl (C=O) groups excluding carboxylic acids is 2. The number of aromatic nitrogens is 1. The second-order valence-corrected chi connectivity index (χ2v) is 8.73. The van der Waals surface area contributed by atoms with Gasteiger partial charge in [-0.1, -0.05) is 18.2 Å². The van der Waals surface area contributed by atoms with Crippen LogP contribution in [0.2, 0.25) is 0 Å². The van der Waals surface area contributed by atoms with Crippen LogP contribution in [-0.4, -0.2) is 65.2 Å². The molecule has 0 N–H and O–H groups in total. The Bertz CT molecular complexity index is 1080. The smallest absolute Gasteiger partial charge is 0.410 e. The third-order valence-electron chi connectivity index (χ3n) is 5.85. The van der Waals surface area contributed by atoms with E-state index in [0.29, 0.717) is 31.8 Å². The number of thiazole rings is 1. The fourth-order valence-corrected chi connectivity index (χ4v) is 4.90. The first-order valence-corrected chi connectivity index (χ1v) is 11.3. The lowest BCUT2D eigenvalue weighted by Gasteiger charge is -2.35. The molecule has 2 aromatic carbocycles. The van der Waals surface area contributed by atoms with Crippen molar-refractivity contribution in [2.24, 2.45) is 0 Å². The molecular formula is C23H23N3O4S. The summed E-state index contributed by atoms with van der Waals surface area (Å²) in [6.07, 6.45) is 0.923. The van der Waals surface area contributed by atoms with E-state index in [2.05, 4.69) is 4.98 Å². The lowest BCUT2D eigenvalue weighted by atomic mass is 10.0. The summed E-state index contributed by atoms with van der Waals surface area (Å²) in [4.78, 5) is 33.2. The van der Waals surface area contributed by atoms with E-state index in [4.69, 9.17) is 9.47 Å². The van der Waals surface area contributed by atoms with Crippen LogP contribution in [0, 0.1) is 0 Å². The topological polar surface area (TPSA) is 72.0 Å². The molecule has 2 saturated heterocycles. The van der Waals surface area contributed by atoms with Crippen molar-refractivity contribution in [3.63, 3.8) is 0 Å². The van der Waals surface area contributed by atoms with Gasteiger partial charge in [-0.15, -0.1) is 11.3 Å². The quantitative estimate of drug-likeness (QED) is 0.607. The lowest BCUT2D eigenvalue weighted by Crippen LogP contribution is -2.47. The molecule has 0 saturated carbocycles. The van der Waals surface area contributed by atoms with Gasteiger partial charge in [0.05, 0.1) is 22.3 Å². The third kappa shape index (κ3) is 4.20. The van der Waals surface area contributed by atoms with E-state index in [0.717, 1.165) is 28.8 Å². The number of cyclic esters (lactones) is 1. The summed E-state index contributed by atoms with van der Waals surface area (Å²) >= 11 is 1.54. The summed E-state index contributed by atoms with van der Waals surface area (Å²) < 4.78 is 12.3. The second-order valence-electron chi connectivity index (χ2n) is 7.84. The van der Waals surface area contributed by atoms with Crippen LogP contribution in [0.15, 0.2) is 54.0 Å². The average molecular weight is 438 g/mol. The van der Waals surface area contributed by atoms with Gasteiger partial charge < -0.3 is 19.3 Å². The molecule has 5 rings (SSSR count). The van der Waals surface area contributed by atoms with Gasteiger partial charge in [-0.05, 0) is 43.2 Å². The van der Waals surface area contributed by atoms with Crippen molar-refractivity contribution in [3.05, 3.63) is 59.6 Å². The zero-order valence-electron chi connectivity index (χ0n) is 17.0. The van der Waals surface area contributed by atoms with Gasteiger partial charge in [-0.25, -0.2) is 9.78 Å². The Morgan fingerprint density at radius 3 is 2.77 bits per heavy atom. The maximum atomic E-state index is 12.9. The number of nitrogens with zero attached hydrogens (tertiary/aromatic N) is 3. The number of hydrogen-bond donors (Lipinski definition) is 0. The van der Waals surface area contributed by atoms with Gasteiger partial charge >= 0.3 is 6.09 Å². The zero-order valence-corrected chi connectivity index (χ0v) is 17.8. The first kappa shape index (κ1) is 19.8. The monoisotopic (exact) mass is 437 g/mol. The number of rotatable bonds is 5. The molecule has 2 aliphatic rings. The molecule has 0 bridgehead atoms. The summed E-state index contributed by atoms with van der Waals surface area (Å²) in [5.41, 5.74) is 3.39. The first-order chi connectivity index (χ1) is 15.2. The average Bonchev–Trinajstić information content (AvgIpc) is 3.43. The fourth-order valence-electron chi connectivity index (χ4n) is 4.18. The normalized spacial score (nSPS) is 19.6. The van der Waals surface area contributed by atoms with Crippen molar-refractivity contribution in [1.82, 2.24) is 14.8 Å². The minimum atomic E-state index is -0.290. The SMILES string of the molecule is O=C(c1ccc2ncsc2c1)N1CCC(N2CC(COc3ccccc3)OC2=O)CC1. The van der Waals surface area contributed by atoms with Gasteiger partial charge in [0.2, 0.25) is 0 Å². The van der Waals surface area contributed by atoms with Crippen molar-refractivity contribution in [1.29, 1.82) is 0 Å². The second kappa shape index (κ2) is 8.55. The van der Waals surface area contributed by atoms with E-state index in [-0.39, 0.29) is 24.1 Å². The van der Waals surface area contributed by atoms with E-state index < -0.39 is 0 Å². The Hall–Kier alpha value is -3.13. The van der Waals surface area contributed by atoms with Crippen LogP contribution in [0.4, 0.5) is 4.79 Å². The van der Waals surface area contributed by atoms with E-state index >= 15 is 0 Å². The Labute approximate surface area is 184 Å². The number of benzene rings is 2. The molecule has 0 spiro atoms. The number of amides is 2. The van der Waals surface area contributed by atoms with Gasteiger partial charge in [0.25, 0.3) is 5.91 Å². The summed E-state index contributed by atoms with van der Waals surface area (Å²) in [6, 6.07) is 15.2. The molecule has 0 aliphatic carbocycles. The van der Waals surface area contributed by atoms with Crippen LogP contribution < -0.4 is 4.74 Å². The molecule has 1 aromatic heterocycles. The van der Waals surface area contributed by atoms with E-state index in [9.17, 15) is 9.59 Å². The maximum absolute atomic E-state index is 12.9. The number of fused-ring (bicyclic) bond motifs is 1. The summed E-state index contributed by atoms with van der Waals surface area (Å²) in [6.45, 7) is 2.11. The van der Waals surface area contributed by atoms with Crippen LogP contribution in [0.25, 0.3) is 10.2 Å². The molecule has 160 valence electrons. The molecule has 1 atom stereocenters. The highest BCUT2D eigenvalue weighted by Crippen LogP contribution is 2.25. The first-order valence-electron chi connectivity index (χ1n) is 10.4. The Morgan fingerprint density at radius 2 is 1.97 bits per heavy atom. The zero-order chi connectivity index (χ0) is 21.2. The predicted octanol–water partition coefficient (Wildman–Crippen LogP) is 3.80. The molecule has 2 amide bonds. The molecular weight excluding hydrogens is 414 g/mol.